The Hall–Kier alpha value is -2.90. The third-order valence-corrected chi connectivity index (χ3v) is 5.53. The van der Waals surface area contributed by atoms with Gasteiger partial charge in [0.15, 0.2) is 11.5 Å². The third kappa shape index (κ3) is 4.63. The van der Waals surface area contributed by atoms with E-state index in [9.17, 15) is 0 Å². The molecule has 0 bridgehead atoms. The number of nitrogens with zero attached hydrogens (tertiary/aromatic N) is 4. The lowest BCUT2D eigenvalue weighted by atomic mass is 10.1. The highest BCUT2D eigenvalue weighted by molar-refractivity contribution is 5.58. The smallest absolute Gasteiger partial charge is 0.241 e. The first-order valence-corrected chi connectivity index (χ1v) is 10.2. The van der Waals surface area contributed by atoms with Crippen molar-refractivity contribution in [3.63, 3.8) is 0 Å². The lowest BCUT2D eigenvalue weighted by Gasteiger charge is -2.34. The van der Waals surface area contributed by atoms with Crippen molar-refractivity contribution < 1.29 is 14.0 Å². The average Bonchev–Trinajstić information content (AvgIpc) is 3.23. The van der Waals surface area contributed by atoms with Gasteiger partial charge < -0.3 is 14.0 Å². The molecule has 0 radical (unpaired) electrons. The number of piperazine rings is 1. The number of rotatable bonds is 7. The van der Waals surface area contributed by atoms with Crippen LogP contribution in [-0.2, 0) is 13.1 Å². The number of hydrogen-bond acceptors (Lipinski definition) is 7. The lowest BCUT2D eigenvalue weighted by molar-refractivity contribution is 0.112. The molecule has 0 aliphatic carbocycles. The fourth-order valence-electron chi connectivity index (χ4n) is 3.79. The van der Waals surface area contributed by atoms with Gasteiger partial charge in [-0.1, -0.05) is 35.5 Å². The van der Waals surface area contributed by atoms with Crippen molar-refractivity contribution in [2.24, 2.45) is 0 Å². The van der Waals surface area contributed by atoms with E-state index in [4.69, 9.17) is 14.0 Å². The van der Waals surface area contributed by atoms with E-state index in [-0.39, 0.29) is 0 Å². The number of aryl methyl sites for hydroxylation is 1. The van der Waals surface area contributed by atoms with Crippen LogP contribution in [0.1, 0.15) is 17.0 Å². The molecule has 0 N–H and O–H groups in total. The van der Waals surface area contributed by atoms with Crippen molar-refractivity contribution in [1.29, 1.82) is 0 Å². The Kier molecular flexibility index (Phi) is 6.30. The maximum absolute atomic E-state index is 5.50. The van der Waals surface area contributed by atoms with Gasteiger partial charge >= 0.3 is 0 Å². The largest absolute Gasteiger partial charge is 0.493 e. The zero-order valence-corrected chi connectivity index (χ0v) is 17.8. The highest BCUT2D eigenvalue weighted by Crippen LogP contribution is 2.28. The van der Waals surface area contributed by atoms with E-state index in [1.165, 1.54) is 5.56 Å². The fourth-order valence-corrected chi connectivity index (χ4v) is 3.79. The second-order valence-corrected chi connectivity index (χ2v) is 7.57. The third-order valence-electron chi connectivity index (χ3n) is 5.53. The van der Waals surface area contributed by atoms with Gasteiger partial charge in [-0.05, 0) is 30.2 Å². The maximum Gasteiger partial charge on any atom is 0.241 e. The van der Waals surface area contributed by atoms with Crippen LogP contribution < -0.4 is 9.47 Å². The average molecular weight is 409 g/mol. The van der Waals surface area contributed by atoms with Crippen molar-refractivity contribution in [2.75, 3.05) is 40.4 Å². The molecule has 1 fully saturated rings. The molecule has 30 heavy (non-hydrogen) atoms. The summed E-state index contributed by atoms with van der Waals surface area (Å²) in [5.74, 6) is 2.86. The standard InChI is InChI=1S/C23H28N4O3/c1-17-6-4-5-7-19(17)23-24-22(30-25-23)16-27-12-10-26(11-13-27)15-18-8-9-20(28-2)21(14-18)29-3/h4-9,14H,10-13,15-16H2,1-3H3. The summed E-state index contributed by atoms with van der Waals surface area (Å²) in [4.78, 5) is 9.41. The zero-order valence-electron chi connectivity index (χ0n) is 17.8. The van der Waals surface area contributed by atoms with Gasteiger partial charge in [-0.25, -0.2) is 0 Å². The Morgan fingerprint density at radius 3 is 2.30 bits per heavy atom. The van der Waals surface area contributed by atoms with E-state index in [2.05, 4.69) is 45.1 Å². The van der Waals surface area contributed by atoms with Gasteiger partial charge in [-0.15, -0.1) is 0 Å². The highest BCUT2D eigenvalue weighted by atomic mass is 16.5. The van der Waals surface area contributed by atoms with Crippen LogP contribution in [0, 0.1) is 6.92 Å². The second kappa shape index (κ2) is 9.28. The Balaban J connectivity index is 1.31. The minimum atomic E-state index is 0.662. The van der Waals surface area contributed by atoms with Gasteiger partial charge in [0.05, 0.1) is 20.8 Å². The number of aromatic nitrogens is 2. The Labute approximate surface area is 177 Å². The van der Waals surface area contributed by atoms with Gasteiger partial charge in [0.2, 0.25) is 11.7 Å². The molecule has 7 heteroatoms. The quantitative estimate of drug-likeness (QED) is 0.594. The number of hydrogen-bond donors (Lipinski definition) is 0. The Bertz CT molecular complexity index is 980. The van der Waals surface area contributed by atoms with Gasteiger partial charge in [-0.2, -0.15) is 4.98 Å². The van der Waals surface area contributed by atoms with E-state index >= 15 is 0 Å². The van der Waals surface area contributed by atoms with Crippen molar-refractivity contribution in [3.8, 4) is 22.9 Å². The molecule has 158 valence electrons. The van der Waals surface area contributed by atoms with Crippen LogP contribution in [0.5, 0.6) is 11.5 Å². The zero-order chi connectivity index (χ0) is 20.9. The minimum Gasteiger partial charge on any atom is -0.493 e. The van der Waals surface area contributed by atoms with E-state index in [0.717, 1.165) is 55.3 Å². The predicted molar refractivity (Wildman–Crippen MR) is 115 cm³/mol. The molecule has 4 rings (SSSR count). The maximum atomic E-state index is 5.50. The molecular weight excluding hydrogens is 380 g/mol. The Morgan fingerprint density at radius 2 is 1.60 bits per heavy atom. The molecular formula is C23H28N4O3. The molecule has 0 atom stereocenters. The van der Waals surface area contributed by atoms with Crippen LogP contribution in [0.25, 0.3) is 11.4 Å². The summed E-state index contributed by atoms with van der Waals surface area (Å²) in [5, 5.41) is 4.17. The van der Waals surface area contributed by atoms with Crippen LogP contribution in [0.4, 0.5) is 0 Å². The van der Waals surface area contributed by atoms with Gasteiger partial charge in [0, 0.05) is 38.3 Å². The summed E-state index contributed by atoms with van der Waals surface area (Å²) in [6, 6.07) is 14.2. The molecule has 7 nitrogen and oxygen atoms in total. The number of benzene rings is 2. The Morgan fingerprint density at radius 1 is 0.900 bits per heavy atom. The van der Waals surface area contributed by atoms with E-state index in [1.807, 2.05) is 24.3 Å². The van der Waals surface area contributed by atoms with Crippen LogP contribution in [0.2, 0.25) is 0 Å². The van der Waals surface area contributed by atoms with Gasteiger partial charge in [0.1, 0.15) is 0 Å². The summed E-state index contributed by atoms with van der Waals surface area (Å²) < 4.78 is 16.2. The minimum absolute atomic E-state index is 0.662. The molecule has 2 aromatic carbocycles. The van der Waals surface area contributed by atoms with Crippen molar-refractivity contribution in [2.45, 2.75) is 20.0 Å². The van der Waals surface area contributed by atoms with E-state index in [0.29, 0.717) is 18.3 Å². The van der Waals surface area contributed by atoms with Gasteiger partial charge in [0.25, 0.3) is 0 Å². The van der Waals surface area contributed by atoms with Crippen molar-refractivity contribution in [1.82, 2.24) is 19.9 Å². The molecule has 2 heterocycles. The van der Waals surface area contributed by atoms with Crippen molar-refractivity contribution in [3.05, 3.63) is 59.5 Å². The molecule has 0 saturated carbocycles. The summed E-state index contributed by atoms with van der Waals surface area (Å²) in [7, 11) is 3.33. The topological polar surface area (TPSA) is 63.9 Å². The first-order chi connectivity index (χ1) is 14.7. The summed E-state index contributed by atoms with van der Waals surface area (Å²) in [5.41, 5.74) is 3.39. The van der Waals surface area contributed by atoms with Crippen LogP contribution in [-0.4, -0.2) is 60.3 Å². The first-order valence-electron chi connectivity index (χ1n) is 10.2. The summed E-state index contributed by atoms with van der Waals surface area (Å²) in [6.45, 7) is 7.56. The normalized spacial score (nSPS) is 15.3. The lowest BCUT2D eigenvalue weighted by Crippen LogP contribution is -2.45. The first kappa shape index (κ1) is 20.4. The van der Waals surface area contributed by atoms with Crippen LogP contribution in [0.15, 0.2) is 47.0 Å². The monoisotopic (exact) mass is 408 g/mol. The number of methoxy groups -OCH3 is 2. The van der Waals surface area contributed by atoms with Crippen molar-refractivity contribution >= 4 is 0 Å². The summed E-state index contributed by atoms with van der Waals surface area (Å²) in [6.07, 6.45) is 0. The molecule has 1 aromatic heterocycles. The second-order valence-electron chi connectivity index (χ2n) is 7.57. The van der Waals surface area contributed by atoms with Crippen LogP contribution >= 0.6 is 0 Å². The molecule has 3 aromatic rings. The summed E-state index contributed by atoms with van der Waals surface area (Å²) >= 11 is 0. The highest BCUT2D eigenvalue weighted by Gasteiger charge is 2.20. The molecule has 1 aliphatic rings. The van der Waals surface area contributed by atoms with E-state index < -0.39 is 0 Å². The molecule has 0 spiro atoms. The predicted octanol–water partition coefficient (Wildman–Crippen LogP) is 3.38. The van der Waals surface area contributed by atoms with E-state index in [1.54, 1.807) is 14.2 Å². The fraction of sp³-hybridized carbons (Fsp3) is 0.391. The SMILES string of the molecule is COc1ccc(CN2CCN(Cc3nc(-c4ccccc4C)no3)CC2)cc1OC. The number of ether oxygens (including phenoxy) is 2. The molecule has 1 saturated heterocycles. The molecule has 0 unspecified atom stereocenters. The van der Waals surface area contributed by atoms with Gasteiger partial charge in [-0.3, -0.25) is 9.80 Å². The molecule has 1 aliphatic heterocycles. The van der Waals surface area contributed by atoms with Crippen LogP contribution in [0.3, 0.4) is 0 Å². The molecule has 0 amide bonds.